The molecule has 4 aliphatic rings. The lowest BCUT2D eigenvalue weighted by Gasteiger charge is -2.50. The first kappa shape index (κ1) is 26.2. The van der Waals surface area contributed by atoms with Gasteiger partial charge in [0.2, 0.25) is 11.8 Å². The zero-order valence-electron chi connectivity index (χ0n) is 20.8. The first-order chi connectivity index (χ1) is 16.6. The summed E-state index contributed by atoms with van der Waals surface area (Å²) in [7, 11) is 1.89. The molecule has 2 heterocycles. The molecule has 0 aromatic carbocycles. The van der Waals surface area contributed by atoms with Gasteiger partial charge in [0.1, 0.15) is 6.17 Å². The van der Waals surface area contributed by atoms with Gasteiger partial charge in [0.25, 0.3) is 0 Å². The summed E-state index contributed by atoms with van der Waals surface area (Å²) in [6, 6.07) is -1.43. The number of likely N-dealkylation sites (tertiary alicyclic amines) is 1. The Kier molecular flexibility index (Phi) is 7.98. The Balaban J connectivity index is 1.35. The number of amides is 4. The molecule has 0 spiro atoms. The lowest BCUT2D eigenvalue weighted by molar-refractivity contribution is -0.149. The van der Waals surface area contributed by atoms with Crippen molar-refractivity contribution in [3.8, 4) is 0 Å². The van der Waals surface area contributed by atoms with Crippen LogP contribution in [0.2, 0.25) is 0 Å². The number of imide groups is 1. The Bertz CT molecular complexity index is 817. The van der Waals surface area contributed by atoms with E-state index in [-0.39, 0.29) is 42.5 Å². The molecule has 11 unspecified atom stereocenters. The molecular formula is C25H39F3N4O3. The molecule has 198 valence electrons. The highest BCUT2D eigenvalue weighted by atomic mass is 19.2. The van der Waals surface area contributed by atoms with Crippen molar-refractivity contribution in [1.29, 1.82) is 0 Å². The van der Waals surface area contributed by atoms with Crippen LogP contribution in [0.5, 0.6) is 0 Å². The third-order valence-corrected chi connectivity index (χ3v) is 9.07. The van der Waals surface area contributed by atoms with Gasteiger partial charge in [-0.25, -0.2) is 18.0 Å². The summed E-state index contributed by atoms with van der Waals surface area (Å²) in [6.45, 7) is 5.14. The number of halogens is 3. The third-order valence-electron chi connectivity index (χ3n) is 9.07. The summed E-state index contributed by atoms with van der Waals surface area (Å²) in [5.41, 5.74) is 0. The monoisotopic (exact) mass is 500 g/mol. The second kappa shape index (κ2) is 10.6. The Hall–Kier alpha value is -1.84. The van der Waals surface area contributed by atoms with Crippen LogP contribution in [0.15, 0.2) is 0 Å². The number of carbonyl (C=O) groups excluding carboxylic acids is 3. The maximum atomic E-state index is 14.1. The predicted octanol–water partition coefficient (Wildman–Crippen LogP) is 2.89. The van der Waals surface area contributed by atoms with Crippen molar-refractivity contribution in [2.75, 3.05) is 13.6 Å². The fraction of sp³-hybridized carbons (Fsp3) is 0.880. The highest BCUT2D eigenvalue weighted by molar-refractivity contribution is 5.95. The molecule has 4 amide bonds. The van der Waals surface area contributed by atoms with Gasteiger partial charge in [-0.3, -0.25) is 14.9 Å². The molecule has 0 bridgehead atoms. The second-order valence-electron chi connectivity index (χ2n) is 11.4. The molecule has 0 aromatic rings. The summed E-state index contributed by atoms with van der Waals surface area (Å²) < 4.78 is 41.1. The van der Waals surface area contributed by atoms with Gasteiger partial charge < -0.3 is 15.5 Å². The quantitative estimate of drug-likeness (QED) is 0.556. The highest BCUT2D eigenvalue weighted by Crippen LogP contribution is 2.44. The lowest BCUT2D eigenvalue weighted by atomic mass is 9.64. The lowest BCUT2D eigenvalue weighted by Crippen LogP contribution is -2.60. The normalized spacial score (nSPS) is 44.3. The van der Waals surface area contributed by atoms with Crippen LogP contribution >= 0.6 is 0 Å². The average molecular weight is 501 g/mol. The summed E-state index contributed by atoms with van der Waals surface area (Å²) in [4.78, 5) is 40.5. The number of carbonyl (C=O) groups is 3. The van der Waals surface area contributed by atoms with Crippen LogP contribution in [0, 0.1) is 29.6 Å². The van der Waals surface area contributed by atoms with Crippen LogP contribution in [-0.4, -0.2) is 73.0 Å². The first-order valence-corrected chi connectivity index (χ1v) is 13.1. The molecule has 35 heavy (non-hydrogen) atoms. The maximum Gasteiger partial charge on any atom is 0.321 e. The van der Waals surface area contributed by atoms with Gasteiger partial charge in [0.05, 0.1) is 6.04 Å². The zero-order valence-corrected chi connectivity index (χ0v) is 20.8. The summed E-state index contributed by atoms with van der Waals surface area (Å²) in [5, 5.41) is 8.10. The Morgan fingerprint density at radius 3 is 2.49 bits per heavy atom. The van der Waals surface area contributed by atoms with Crippen LogP contribution in [0.1, 0.15) is 58.8 Å². The molecule has 2 saturated carbocycles. The number of hydrogen-bond acceptors (Lipinski definition) is 4. The number of rotatable bonds is 3. The van der Waals surface area contributed by atoms with E-state index in [0.717, 1.165) is 25.8 Å². The number of nitrogens with one attached hydrogen (secondary N) is 3. The summed E-state index contributed by atoms with van der Waals surface area (Å²) in [6.07, 6.45) is -2.87. The van der Waals surface area contributed by atoms with Gasteiger partial charge in [-0.2, -0.15) is 0 Å². The SMILES string of the molecule is CC1CC2C(CN1)CC(C1CC(C(=O)NC(=O)NC3CCC(F)C(F)C3F)CCC1C)C(=O)N2C. The van der Waals surface area contributed by atoms with E-state index in [0.29, 0.717) is 24.8 Å². The van der Waals surface area contributed by atoms with E-state index in [1.165, 1.54) is 0 Å². The minimum absolute atomic E-state index is 0.0273. The molecule has 2 aliphatic heterocycles. The highest BCUT2D eigenvalue weighted by Gasteiger charge is 2.48. The summed E-state index contributed by atoms with van der Waals surface area (Å²) >= 11 is 0. The van der Waals surface area contributed by atoms with E-state index < -0.39 is 42.4 Å². The van der Waals surface area contributed by atoms with Crippen molar-refractivity contribution in [3.63, 3.8) is 0 Å². The summed E-state index contributed by atoms with van der Waals surface area (Å²) in [5.74, 6) is -0.187. The van der Waals surface area contributed by atoms with E-state index in [1.807, 2.05) is 11.9 Å². The smallest absolute Gasteiger partial charge is 0.321 e. The Morgan fingerprint density at radius 2 is 1.74 bits per heavy atom. The van der Waals surface area contributed by atoms with E-state index >= 15 is 0 Å². The van der Waals surface area contributed by atoms with Crippen molar-refractivity contribution in [3.05, 3.63) is 0 Å². The van der Waals surface area contributed by atoms with Gasteiger partial charge in [0.15, 0.2) is 12.3 Å². The minimum Gasteiger partial charge on any atom is -0.342 e. The van der Waals surface area contributed by atoms with E-state index in [9.17, 15) is 27.6 Å². The van der Waals surface area contributed by atoms with Crippen molar-refractivity contribution in [1.82, 2.24) is 20.9 Å². The Labute approximate surface area is 205 Å². The molecule has 10 heteroatoms. The number of hydrogen-bond donors (Lipinski definition) is 3. The molecule has 2 saturated heterocycles. The van der Waals surface area contributed by atoms with E-state index in [1.54, 1.807) is 0 Å². The van der Waals surface area contributed by atoms with Crippen LogP contribution in [0.25, 0.3) is 0 Å². The zero-order chi connectivity index (χ0) is 25.4. The number of nitrogens with zero attached hydrogens (tertiary/aromatic N) is 1. The van der Waals surface area contributed by atoms with Crippen molar-refractivity contribution >= 4 is 17.8 Å². The third kappa shape index (κ3) is 5.47. The predicted molar refractivity (Wildman–Crippen MR) is 125 cm³/mol. The van der Waals surface area contributed by atoms with Gasteiger partial charge in [-0.15, -0.1) is 0 Å². The maximum absolute atomic E-state index is 14.1. The fourth-order valence-electron chi connectivity index (χ4n) is 6.86. The van der Waals surface area contributed by atoms with Gasteiger partial charge >= 0.3 is 6.03 Å². The van der Waals surface area contributed by atoms with E-state index in [4.69, 9.17) is 0 Å². The van der Waals surface area contributed by atoms with Gasteiger partial charge in [-0.05, 0) is 69.6 Å². The van der Waals surface area contributed by atoms with Crippen LogP contribution in [0.4, 0.5) is 18.0 Å². The molecule has 7 nitrogen and oxygen atoms in total. The van der Waals surface area contributed by atoms with Crippen LogP contribution in [0.3, 0.4) is 0 Å². The number of alkyl halides is 3. The first-order valence-electron chi connectivity index (χ1n) is 13.1. The molecule has 0 aromatic heterocycles. The second-order valence-corrected chi connectivity index (χ2v) is 11.4. The van der Waals surface area contributed by atoms with Crippen molar-refractivity contribution in [2.45, 2.75) is 95.4 Å². The largest absolute Gasteiger partial charge is 0.342 e. The molecule has 4 fully saturated rings. The van der Waals surface area contributed by atoms with Gasteiger partial charge in [0, 0.05) is 37.5 Å². The molecular weight excluding hydrogens is 461 g/mol. The van der Waals surface area contributed by atoms with Gasteiger partial charge in [-0.1, -0.05) is 6.92 Å². The van der Waals surface area contributed by atoms with E-state index in [2.05, 4.69) is 29.8 Å². The number of piperidine rings is 2. The minimum atomic E-state index is -2.28. The topological polar surface area (TPSA) is 90.5 Å². The molecule has 3 N–H and O–H groups in total. The van der Waals surface area contributed by atoms with Crippen molar-refractivity contribution < 1.29 is 27.6 Å². The van der Waals surface area contributed by atoms with Crippen LogP contribution in [-0.2, 0) is 9.59 Å². The molecule has 4 rings (SSSR count). The van der Waals surface area contributed by atoms with Crippen molar-refractivity contribution in [2.24, 2.45) is 29.6 Å². The van der Waals surface area contributed by atoms with Crippen LogP contribution < -0.4 is 16.0 Å². The number of urea groups is 1. The fourth-order valence-corrected chi connectivity index (χ4v) is 6.86. The standard InChI is InChI=1S/C25H39F3N4O3/c1-12-4-5-14(23(33)31-25(35)30-19-7-6-18(26)21(27)22(19)28)9-16(12)17-10-15-11-29-13(2)8-20(15)32(3)24(17)34/h12-22,29H,4-11H2,1-3H3,(H2,30,31,33,35). The Morgan fingerprint density at radius 1 is 1.00 bits per heavy atom. The molecule has 2 aliphatic carbocycles. The number of fused-ring (bicyclic) bond motifs is 1. The average Bonchev–Trinajstić information content (AvgIpc) is 2.82. The molecule has 0 radical (unpaired) electrons. The molecule has 11 atom stereocenters.